The van der Waals surface area contributed by atoms with Crippen LogP contribution < -0.4 is 4.80 Å². The Morgan fingerprint density at radius 1 is 1.00 bits per heavy atom. The number of amides is 1. The number of carbonyl (C=O) groups excluding carboxylic acids is 1. The molecule has 0 spiro atoms. The molecule has 3 rings (SSSR count). The maximum absolute atomic E-state index is 12.8. The molecule has 0 aliphatic heterocycles. The number of nitrogens with zero attached hydrogens (tertiary/aromatic N) is 2. The predicted octanol–water partition coefficient (Wildman–Crippen LogP) is 4.56. The molecule has 0 aliphatic rings. The van der Waals surface area contributed by atoms with E-state index in [2.05, 4.69) is 68.4 Å². The van der Waals surface area contributed by atoms with E-state index in [-0.39, 0.29) is 5.91 Å². The van der Waals surface area contributed by atoms with Gasteiger partial charge in [-0.2, -0.15) is 4.99 Å². The first-order valence-electron chi connectivity index (χ1n) is 9.54. The molecule has 1 heterocycles. The summed E-state index contributed by atoms with van der Waals surface area (Å²) in [4.78, 5) is 18.1. The molecule has 1 aromatic heterocycles. The van der Waals surface area contributed by atoms with Gasteiger partial charge in [0.2, 0.25) is 0 Å². The lowest BCUT2D eigenvalue weighted by Gasteiger charge is -2.09. The number of hydrogen-bond acceptors (Lipinski definition) is 3. The Morgan fingerprint density at radius 3 is 2.25 bits per heavy atom. The highest BCUT2D eigenvalue weighted by molar-refractivity contribution is 7.16. The van der Waals surface area contributed by atoms with Gasteiger partial charge in [-0.05, 0) is 68.5 Å². The minimum absolute atomic E-state index is 0.109. The van der Waals surface area contributed by atoms with Crippen LogP contribution in [0.5, 0.6) is 0 Å². The number of fused-ring (bicyclic) bond motifs is 1. The fourth-order valence-corrected chi connectivity index (χ4v) is 4.91. The van der Waals surface area contributed by atoms with Gasteiger partial charge in [0.15, 0.2) is 4.80 Å². The molecular formula is C23H28N2O2S. The summed E-state index contributed by atoms with van der Waals surface area (Å²) in [7, 11) is 1.69. The van der Waals surface area contributed by atoms with Crippen LogP contribution in [0.15, 0.2) is 29.3 Å². The smallest absolute Gasteiger partial charge is 0.252 e. The highest BCUT2D eigenvalue weighted by atomic mass is 32.1. The number of rotatable bonds is 5. The van der Waals surface area contributed by atoms with E-state index in [1.54, 1.807) is 18.4 Å². The minimum Gasteiger partial charge on any atom is -0.383 e. The van der Waals surface area contributed by atoms with Crippen LogP contribution in [0.3, 0.4) is 0 Å². The first-order chi connectivity index (χ1) is 13.3. The Labute approximate surface area is 170 Å². The Balaban J connectivity index is 2.05. The lowest BCUT2D eigenvalue weighted by Crippen LogP contribution is -2.20. The predicted molar refractivity (Wildman–Crippen MR) is 116 cm³/mol. The number of aromatic nitrogens is 1. The first-order valence-corrected chi connectivity index (χ1v) is 10.4. The Kier molecular flexibility index (Phi) is 6.16. The van der Waals surface area contributed by atoms with Crippen LogP contribution in [0, 0.1) is 34.6 Å². The first kappa shape index (κ1) is 20.5. The normalized spacial score (nSPS) is 12.1. The van der Waals surface area contributed by atoms with Gasteiger partial charge in [-0.1, -0.05) is 35.1 Å². The van der Waals surface area contributed by atoms with Crippen molar-refractivity contribution < 1.29 is 9.53 Å². The Bertz CT molecular complexity index is 1080. The van der Waals surface area contributed by atoms with Crippen molar-refractivity contribution in [2.24, 2.45) is 4.99 Å². The van der Waals surface area contributed by atoms with Gasteiger partial charge in [0.25, 0.3) is 5.91 Å². The van der Waals surface area contributed by atoms with Gasteiger partial charge in [-0.15, -0.1) is 0 Å². The molecule has 0 fully saturated rings. The van der Waals surface area contributed by atoms with Crippen molar-refractivity contribution in [1.29, 1.82) is 0 Å². The summed E-state index contributed by atoms with van der Waals surface area (Å²) in [6, 6.07) is 8.58. The van der Waals surface area contributed by atoms with Crippen molar-refractivity contribution >= 4 is 27.5 Å². The van der Waals surface area contributed by atoms with Crippen molar-refractivity contribution in [2.75, 3.05) is 13.7 Å². The van der Waals surface area contributed by atoms with Gasteiger partial charge < -0.3 is 9.30 Å². The summed E-state index contributed by atoms with van der Waals surface area (Å²) in [6.45, 7) is 11.7. The van der Waals surface area contributed by atoms with E-state index in [1.165, 1.54) is 21.4 Å². The molecule has 1 amide bonds. The second kappa shape index (κ2) is 8.41. The standard InChI is InChI=1S/C23H28N2O2S/c1-14-9-16(3)19(17(4)10-14)13-21(26)24-23-25(7-8-27-6)20-12-15(2)11-18(5)22(20)28-23/h9-12H,7-8,13H2,1-6H3. The molecule has 0 unspecified atom stereocenters. The number of benzene rings is 2. The van der Waals surface area contributed by atoms with Gasteiger partial charge in [0, 0.05) is 13.7 Å². The molecule has 0 bridgehead atoms. The average Bonchev–Trinajstić information content (AvgIpc) is 2.93. The topological polar surface area (TPSA) is 43.6 Å². The molecule has 0 atom stereocenters. The average molecular weight is 397 g/mol. The SMILES string of the molecule is COCCn1c(=NC(=O)Cc2c(C)cc(C)cc2C)sc2c(C)cc(C)cc21. The van der Waals surface area contributed by atoms with Crippen LogP contribution >= 0.6 is 11.3 Å². The fourth-order valence-electron chi connectivity index (χ4n) is 3.78. The van der Waals surface area contributed by atoms with Crippen LogP contribution in [0.1, 0.15) is 33.4 Å². The second-order valence-corrected chi connectivity index (χ2v) is 8.50. The molecule has 0 saturated carbocycles. The van der Waals surface area contributed by atoms with Gasteiger partial charge in [-0.25, -0.2) is 0 Å². The number of ether oxygens (including phenoxy) is 1. The number of aryl methyl sites for hydroxylation is 5. The summed E-state index contributed by atoms with van der Waals surface area (Å²) in [5, 5.41) is 0. The molecular weight excluding hydrogens is 368 g/mol. The van der Waals surface area contributed by atoms with Crippen LogP contribution in [0.4, 0.5) is 0 Å². The molecule has 2 aromatic carbocycles. The molecule has 148 valence electrons. The van der Waals surface area contributed by atoms with Gasteiger partial charge >= 0.3 is 0 Å². The van der Waals surface area contributed by atoms with E-state index in [0.717, 1.165) is 27.0 Å². The third kappa shape index (κ3) is 4.26. The van der Waals surface area contributed by atoms with E-state index >= 15 is 0 Å². The second-order valence-electron chi connectivity index (χ2n) is 7.52. The highest BCUT2D eigenvalue weighted by Crippen LogP contribution is 2.23. The third-order valence-corrected chi connectivity index (χ3v) is 6.25. The summed E-state index contributed by atoms with van der Waals surface area (Å²) in [6.07, 6.45) is 0.328. The Hall–Kier alpha value is -2.24. The van der Waals surface area contributed by atoms with Gasteiger partial charge in [-0.3, -0.25) is 4.79 Å². The van der Waals surface area contributed by atoms with Gasteiger partial charge in [0.1, 0.15) is 0 Å². The zero-order chi connectivity index (χ0) is 20.4. The molecule has 0 aliphatic carbocycles. The zero-order valence-corrected chi connectivity index (χ0v) is 18.4. The van der Waals surface area contributed by atoms with Crippen molar-refractivity contribution in [3.8, 4) is 0 Å². The molecule has 3 aromatic rings. The zero-order valence-electron chi connectivity index (χ0n) is 17.5. The van der Waals surface area contributed by atoms with Crippen LogP contribution in [0.25, 0.3) is 10.2 Å². The molecule has 28 heavy (non-hydrogen) atoms. The van der Waals surface area contributed by atoms with E-state index in [1.807, 2.05) is 0 Å². The quantitative estimate of drug-likeness (QED) is 0.634. The minimum atomic E-state index is -0.109. The van der Waals surface area contributed by atoms with Crippen molar-refractivity contribution in [3.05, 3.63) is 62.4 Å². The molecule has 0 N–H and O–H groups in total. The summed E-state index contributed by atoms with van der Waals surface area (Å²) in [5.74, 6) is -0.109. The van der Waals surface area contributed by atoms with Crippen molar-refractivity contribution in [3.63, 3.8) is 0 Å². The fraction of sp³-hybridized carbons (Fsp3) is 0.391. The largest absolute Gasteiger partial charge is 0.383 e. The lowest BCUT2D eigenvalue weighted by atomic mass is 9.97. The third-order valence-electron chi connectivity index (χ3n) is 5.02. The van der Waals surface area contributed by atoms with Crippen LogP contribution in [-0.2, 0) is 22.5 Å². The van der Waals surface area contributed by atoms with Crippen molar-refractivity contribution in [1.82, 2.24) is 4.57 Å². The molecule has 0 radical (unpaired) electrons. The highest BCUT2D eigenvalue weighted by Gasteiger charge is 2.13. The number of methoxy groups -OCH3 is 1. The number of carbonyl (C=O) groups is 1. The van der Waals surface area contributed by atoms with E-state index in [4.69, 9.17) is 4.74 Å². The number of hydrogen-bond donors (Lipinski definition) is 0. The van der Waals surface area contributed by atoms with Crippen LogP contribution in [0.2, 0.25) is 0 Å². The van der Waals surface area contributed by atoms with Gasteiger partial charge in [0.05, 0.1) is 23.2 Å². The summed E-state index contributed by atoms with van der Waals surface area (Å²) < 4.78 is 8.56. The molecule has 0 saturated heterocycles. The molecule has 4 nitrogen and oxygen atoms in total. The summed E-state index contributed by atoms with van der Waals surface area (Å²) >= 11 is 1.58. The van der Waals surface area contributed by atoms with E-state index < -0.39 is 0 Å². The van der Waals surface area contributed by atoms with Crippen LogP contribution in [-0.4, -0.2) is 24.2 Å². The van der Waals surface area contributed by atoms with Crippen molar-refractivity contribution in [2.45, 2.75) is 47.6 Å². The maximum Gasteiger partial charge on any atom is 0.252 e. The van der Waals surface area contributed by atoms with E-state index in [9.17, 15) is 4.79 Å². The summed E-state index contributed by atoms with van der Waals surface area (Å²) in [5.41, 5.74) is 8.14. The number of thiazole rings is 1. The lowest BCUT2D eigenvalue weighted by molar-refractivity contribution is -0.117. The monoisotopic (exact) mass is 396 g/mol. The Morgan fingerprint density at radius 2 is 1.61 bits per heavy atom. The molecule has 5 heteroatoms. The van der Waals surface area contributed by atoms with E-state index in [0.29, 0.717) is 19.6 Å². The maximum atomic E-state index is 12.8.